The first-order chi connectivity index (χ1) is 18.4. The number of fused-ring (bicyclic) bond motifs is 1. The number of halogens is 1. The van der Waals surface area contributed by atoms with Gasteiger partial charge in [-0.05, 0) is 53.6 Å². The number of hydrogen-bond acceptors (Lipinski definition) is 4. The van der Waals surface area contributed by atoms with Gasteiger partial charge in [-0.1, -0.05) is 72.3 Å². The summed E-state index contributed by atoms with van der Waals surface area (Å²) in [5, 5.41) is 9.85. The summed E-state index contributed by atoms with van der Waals surface area (Å²) in [6.45, 7) is 0.0230. The Morgan fingerprint density at radius 2 is 1.45 bits per heavy atom. The second kappa shape index (κ2) is 10.8. The third-order valence-corrected chi connectivity index (χ3v) is 6.54. The molecule has 5 aromatic rings. The molecule has 0 radical (unpaired) electrons. The molecule has 0 atom stereocenters. The lowest BCUT2D eigenvalue weighted by Crippen LogP contribution is -2.43. The minimum atomic E-state index is -1.04. The standard InChI is InChI=1S/C30H23ClN2O5/c31-23-13-16-25-26(19-23)33(27(20-7-3-1-4-8-20)21-9-5-2-6-10-21)30(37)32(28(25)34)17-18-38-24-14-11-22(12-15-24)29(35)36/h1-16,19,27H,17-18H2,(H,35,36). The van der Waals surface area contributed by atoms with E-state index in [4.69, 9.17) is 21.4 Å². The van der Waals surface area contributed by atoms with Crippen LogP contribution in [-0.4, -0.2) is 26.8 Å². The predicted octanol–water partition coefficient (Wildman–Crippen LogP) is 5.23. The number of aromatic carboxylic acids is 1. The monoisotopic (exact) mass is 526 g/mol. The highest BCUT2D eigenvalue weighted by Gasteiger charge is 2.23. The molecule has 0 unspecified atom stereocenters. The Bertz CT molecular complexity index is 1670. The molecule has 7 nitrogen and oxygen atoms in total. The molecule has 5 rings (SSSR count). The van der Waals surface area contributed by atoms with Gasteiger partial charge < -0.3 is 9.84 Å². The SMILES string of the molecule is O=C(O)c1ccc(OCCn2c(=O)c3ccc(Cl)cc3n(C(c3ccccc3)c3ccccc3)c2=O)cc1. The zero-order valence-corrected chi connectivity index (χ0v) is 20.9. The van der Waals surface area contributed by atoms with Crippen molar-refractivity contribution in [2.75, 3.05) is 6.61 Å². The van der Waals surface area contributed by atoms with Gasteiger partial charge in [0.25, 0.3) is 5.56 Å². The van der Waals surface area contributed by atoms with Crippen molar-refractivity contribution < 1.29 is 14.6 Å². The Hall–Kier alpha value is -4.62. The highest BCUT2D eigenvalue weighted by Crippen LogP contribution is 2.29. The van der Waals surface area contributed by atoms with Gasteiger partial charge in [-0.2, -0.15) is 0 Å². The summed E-state index contributed by atoms with van der Waals surface area (Å²) in [7, 11) is 0. The average Bonchev–Trinajstić information content (AvgIpc) is 2.94. The summed E-state index contributed by atoms with van der Waals surface area (Å²) in [5.41, 5.74) is 1.39. The van der Waals surface area contributed by atoms with E-state index in [1.54, 1.807) is 22.8 Å². The molecule has 0 aliphatic heterocycles. The third-order valence-electron chi connectivity index (χ3n) is 6.31. The van der Waals surface area contributed by atoms with Crippen molar-refractivity contribution in [2.45, 2.75) is 12.6 Å². The van der Waals surface area contributed by atoms with Crippen LogP contribution in [0.5, 0.6) is 5.75 Å². The maximum atomic E-state index is 14.0. The highest BCUT2D eigenvalue weighted by atomic mass is 35.5. The molecule has 4 aromatic carbocycles. The number of ether oxygens (including phenoxy) is 1. The number of carboxylic acid groups (broad SMARTS) is 1. The molecule has 190 valence electrons. The maximum Gasteiger partial charge on any atom is 0.335 e. The van der Waals surface area contributed by atoms with Gasteiger partial charge in [-0.15, -0.1) is 0 Å². The largest absolute Gasteiger partial charge is 0.492 e. The van der Waals surface area contributed by atoms with E-state index in [1.807, 2.05) is 60.7 Å². The fourth-order valence-corrected chi connectivity index (χ4v) is 4.67. The van der Waals surface area contributed by atoms with E-state index >= 15 is 0 Å². The molecule has 1 N–H and O–H groups in total. The Morgan fingerprint density at radius 3 is 2.03 bits per heavy atom. The fourth-order valence-electron chi connectivity index (χ4n) is 4.51. The van der Waals surface area contributed by atoms with Crippen LogP contribution in [0.2, 0.25) is 5.02 Å². The van der Waals surface area contributed by atoms with Gasteiger partial charge in [0.1, 0.15) is 12.4 Å². The second-order valence-electron chi connectivity index (χ2n) is 8.67. The molecule has 0 aliphatic carbocycles. The molecule has 0 bridgehead atoms. The number of aromatic nitrogens is 2. The first-order valence-corrected chi connectivity index (χ1v) is 12.3. The number of benzene rings is 4. The van der Waals surface area contributed by atoms with E-state index in [-0.39, 0.29) is 18.7 Å². The summed E-state index contributed by atoms with van der Waals surface area (Å²) >= 11 is 6.33. The van der Waals surface area contributed by atoms with Crippen LogP contribution in [0.3, 0.4) is 0 Å². The summed E-state index contributed by atoms with van der Waals surface area (Å²) in [5.74, 6) is -0.603. The molecule has 1 heterocycles. The molecule has 0 aliphatic rings. The van der Waals surface area contributed by atoms with Gasteiger partial charge in [0, 0.05) is 5.02 Å². The molecule has 0 fully saturated rings. The van der Waals surface area contributed by atoms with Crippen molar-refractivity contribution in [1.29, 1.82) is 0 Å². The van der Waals surface area contributed by atoms with Gasteiger partial charge in [0.05, 0.1) is 29.1 Å². The van der Waals surface area contributed by atoms with E-state index in [0.717, 1.165) is 11.1 Å². The van der Waals surface area contributed by atoms with Crippen LogP contribution in [0, 0.1) is 0 Å². The quantitative estimate of drug-likeness (QED) is 0.299. The molecular formula is C30H23ClN2O5. The highest BCUT2D eigenvalue weighted by molar-refractivity contribution is 6.31. The van der Waals surface area contributed by atoms with Crippen molar-refractivity contribution >= 4 is 28.5 Å². The Labute approximate surface area is 222 Å². The van der Waals surface area contributed by atoms with Crippen molar-refractivity contribution in [1.82, 2.24) is 9.13 Å². The number of nitrogens with zero attached hydrogens (tertiary/aromatic N) is 2. The predicted molar refractivity (Wildman–Crippen MR) is 146 cm³/mol. The number of hydrogen-bond donors (Lipinski definition) is 1. The normalized spacial score (nSPS) is 11.1. The summed E-state index contributed by atoms with van der Waals surface area (Å²) in [6, 6.07) is 29.5. The van der Waals surface area contributed by atoms with Gasteiger partial charge in [0.2, 0.25) is 0 Å². The van der Waals surface area contributed by atoms with Crippen molar-refractivity contribution in [3.63, 3.8) is 0 Å². The molecule has 38 heavy (non-hydrogen) atoms. The zero-order valence-electron chi connectivity index (χ0n) is 20.2. The van der Waals surface area contributed by atoms with Crippen LogP contribution >= 0.6 is 11.6 Å². The fraction of sp³-hybridized carbons (Fsp3) is 0.100. The minimum absolute atomic E-state index is 0.00673. The third kappa shape index (κ3) is 4.96. The lowest BCUT2D eigenvalue weighted by atomic mass is 9.98. The average molecular weight is 527 g/mol. The maximum absolute atomic E-state index is 14.0. The van der Waals surface area contributed by atoms with Crippen LogP contribution < -0.4 is 16.0 Å². The Morgan fingerprint density at radius 1 is 0.842 bits per heavy atom. The zero-order chi connectivity index (χ0) is 26.6. The molecule has 0 saturated heterocycles. The second-order valence-corrected chi connectivity index (χ2v) is 9.11. The Kier molecular flexibility index (Phi) is 7.11. The van der Waals surface area contributed by atoms with Gasteiger partial charge >= 0.3 is 11.7 Å². The molecular weight excluding hydrogens is 504 g/mol. The van der Waals surface area contributed by atoms with Crippen LogP contribution in [-0.2, 0) is 6.54 Å². The van der Waals surface area contributed by atoms with E-state index < -0.39 is 23.3 Å². The lowest BCUT2D eigenvalue weighted by Gasteiger charge is -2.24. The molecule has 0 saturated carbocycles. The van der Waals surface area contributed by atoms with E-state index in [2.05, 4.69) is 0 Å². The molecule has 0 amide bonds. The van der Waals surface area contributed by atoms with Gasteiger partial charge in [0.15, 0.2) is 0 Å². The van der Waals surface area contributed by atoms with Crippen molar-refractivity contribution in [3.8, 4) is 5.75 Å². The Balaban J connectivity index is 1.62. The van der Waals surface area contributed by atoms with E-state index in [1.165, 1.54) is 28.8 Å². The summed E-state index contributed by atoms with van der Waals surface area (Å²) in [4.78, 5) is 38.6. The van der Waals surface area contributed by atoms with Crippen LogP contribution in [0.25, 0.3) is 10.9 Å². The first kappa shape index (κ1) is 25.0. The number of carboxylic acids is 1. The topological polar surface area (TPSA) is 90.5 Å². The van der Waals surface area contributed by atoms with Crippen molar-refractivity contribution in [2.24, 2.45) is 0 Å². The molecule has 8 heteroatoms. The van der Waals surface area contributed by atoms with Crippen LogP contribution in [0.4, 0.5) is 0 Å². The smallest absolute Gasteiger partial charge is 0.335 e. The lowest BCUT2D eigenvalue weighted by molar-refractivity contribution is 0.0697. The number of carbonyl (C=O) groups is 1. The van der Waals surface area contributed by atoms with Gasteiger partial charge in [-0.25, -0.2) is 9.59 Å². The summed E-state index contributed by atoms with van der Waals surface area (Å²) in [6.07, 6.45) is 0. The van der Waals surface area contributed by atoms with Crippen LogP contribution in [0.1, 0.15) is 27.5 Å². The minimum Gasteiger partial charge on any atom is -0.492 e. The molecule has 0 spiro atoms. The number of rotatable bonds is 8. The first-order valence-electron chi connectivity index (χ1n) is 11.9. The van der Waals surface area contributed by atoms with Crippen molar-refractivity contribution in [3.05, 3.63) is 146 Å². The molecule has 1 aromatic heterocycles. The van der Waals surface area contributed by atoms with Gasteiger partial charge in [-0.3, -0.25) is 13.9 Å². The summed E-state index contributed by atoms with van der Waals surface area (Å²) < 4.78 is 8.51. The van der Waals surface area contributed by atoms with Crippen LogP contribution in [0.15, 0.2) is 113 Å². The van der Waals surface area contributed by atoms with E-state index in [9.17, 15) is 14.4 Å². The van der Waals surface area contributed by atoms with E-state index in [0.29, 0.717) is 21.7 Å².